The summed E-state index contributed by atoms with van der Waals surface area (Å²) in [7, 11) is -6.48. The molecule has 1 aliphatic heterocycles. The van der Waals surface area contributed by atoms with Crippen LogP contribution in [0.5, 0.6) is 0 Å². The fraction of sp³-hybridized carbons (Fsp3) is 0.407. The SMILES string of the molecule is Cc1ccc(NS(=O)(=O)c2ccc(S(=O)(=O)N(C)C3CCN(C(=O)OC(C)(C)C)CC3)cc2)c2[nH]cc(C#N)c12. The molecule has 3 aromatic rings. The number of H-pyrrole nitrogens is 1. The Morgan fingerprint density at radius 3 is 2.25 bits per heavy atom. The van der Waals surface area contributed by atoms with Crippen LogP contribution in [0.15, 0.2) is 52.4 Å². The molecule has 13 heteroatoms. The van der Waals surface area contributed by atoms with Crippen molar-refractivity contribution in [2.45, 2.75) is 62.0 Å². The fourth-order valence-corrected chi connectivity index (χ4v) is 7.18. The van der Waals surface area contributed by atoms with Crippen LogP contribution in [0.1, 0.15) is 44.7 Å². The number of fused-ring (bicyclic) bond motifs is 1. The van der Waals surface area contributed by atoms with Gasteiger partial charge in [-0.1, -0.05) is 6.07 Å². The number of nitrogens with zero attached hydrogens (tertiary/aromatic N) is 3. The number of amides is 1. The lowest BCUT2D eigenvalue weighted by Crippen LogP contribution is -2.48. The number of carbonyl (C=O) groups is 1. The van der Waals surface area contributed by atoms with Crippen LogP contribution in [-0.4, -0.2) is 68.9 Å². The van der Waals surface area contributed by atoms with Crippen molar-refractivity contribution in [1.29, 1.82) is 5.26 Å². The van der Waals surface area contributed by atoms with Crippen LogP contribution in [0.2, 0.25) is 0 Å². The van der Waals surface area contributed by atoms with Crippen molar-refractivity contribution >= 4 is 42.7 Å². The number of anilines is 1. The van der Waals surface area contributed by atoms with Crippen molar-refractivity contribution in [3.8, 4) is 6.07 Å². The Labute approximate surface area is 234 Å². The zero-order chi connectivity index (χ0) is 29.5. The second-order valence-corrected chi connectivity index (χ2v) is 14.5. The van der Waals surface area contributed by atoms with E-state index in [0.29, 0.717) is 42.4 Å². The summed E-state index contributed by atoms with van der Waals surface area (Å²) in [5.74, 6) is 0. The minimum absolute atomic E-state index is 0.0377. The summed E-state index contributed by atoms with van der Waals surface area (Å²) in [6, 6.07) is 10.1. The van der Waals surface area contributed by atoms with Gasteiger partial charge < -0.3 is 14.6 Å². The standard InChI is InChI=1S/C27H33N5O6S2/c1-18-6-11-23(25-24(18)19(16-28)17-29-25)30-39(34,35)21-7-9-22(10-8-21)40(36,37)31(5)20-12-14-32(15-13-20)26(33)38-27(2,3)4/h6-11,17,20,29-30H,12-15H2,1-5H3. The lowest BCUT2D eigenvalue weighted by atomic mass is 10.1. The minimum Gasteiger partial charge on any atom is -0.444 e. The molecule has 1 saturated heterocycles. The molecule has 1 aromatic heterocycles. The molecule has 0 spiro atoms. The molecule has 11 nitrogen and oxygen atoms in total. The third-order valence-electron chi connectivity index (χ3n) is 6.85. The van der Waals surface area contributed by atoms with Gasteiger partial charge in [0.25, 0.3) is 10.0 Å². The van der Waals surface area contributed by atoms with E-state index in [2.05, 4.69) is 15.8 Å². The number of hydrogen-bond acceptors (Lipinski definition) is 7. The van der Waals surface area contributed by atoms with Gasteiger partial charge in [-0.15, -0.1) is 0 Å². The Hall–Kier alpha value is -3.60. The van der Waals surface area contributed by atoms with Crippen molar-refractivity contribution < 1.29 is 26.4 Å². The highest BCUT2D eigenvalue weighted by molar-refractivity contribution is 7.92. The first-order valence-corrected chi connectivity index (χ1v) is 15.7. The lowest BCUT2D eigenvalue weighted by molar-refractivity contribution is 0.0183. The van der Waals surface area contributed by atoms with Crippen LogP contribution in [0, 0.1) is 18.3 Å². The first-order valence-electron chi connectivity index (χ1n) is 12.7. The average molecular weight is 588 g/mol. The Morgan fingerprint density at radius 2 is 1.68 bits per heavy atom. The van der Waals surface area contributed by atoms with Crippen LogP contribution in [0.25, 0.3) is 10.9 Å². The first-order chi connectivity index (χ1) is 18.6. The van der Waals surface area contributed by atoms with Gasteiger partial charge in [-0.3, -0.25) is 4.72 Å². The van der Waals surface area contributed by atoms with Gasteiger partial charge in [0.1, 0.15) is 11.7 Å². The molecule has 2 heterocycles. The van der Waals surface area contributed by atoms with Gasteiger partial charge >= 0.3 is 6.09 Å². The van der Waals surface area contributed by atoms with Gasteiger partial charge in [0.15, 0.2) is 0 Å². The number of rotatable bonds is 6. The van der Waals surface area contributed by atoms with Gasteiger partial charge in [0.2, 0.25) is 10.0 Å². The summed E-state index contributed by atoms with van der Waals surface area (Å²) in [6.45, 7) is 7.93. The third-order valence-corrected chi connectivity index (χ3v) is 10.2. The number of aryl methyl sites for hydroxylation is 1. The number of carbonyl (C=O) groups excluding carboxylic acids is 1. The number of nitriles is 1. The molecule has 4 rings (SSSR count). The van der Waals surface area contributed by atoms with E-state index in [0.717, 1.165) is 5.56 Å². The third kappa shape index (κ3) is 5.94. The van der Waals surface area contributed by atoms with E-state index in [1.807, 2.05) is 6.92 Å². The van der Waals surface area contributed by atoms with E-state index in [1.54, 1.807) is 37.8 Å². The Bertz CT molecular complexity index is 1680. The molecule has 0 saturated carbocycles. The predicted octanol–water partition coefficient (Wildman–Crippen LogP) is 4.17. The molecule has 2 aromatic carbocycles. The maximum Gasteiger partial charge on any atom is 0.410 e. The Balaban J connectivity index is 1.47. The van der Waals surface area contributed by atoms with Crippen LogP contribution >= 0.6 is 0 Å². The molecule has 0 bridgehead atoms. The number of sulfonamides is 2. The van der Waals surface area contributed by atoms with Crippen molar-refractivity contribution in [3.05, 3.63) is 53.7 Å². The van der Waals surface area contributed by atoms with E-state index in [4.69, 9.17) is 4.74 Å². The Kier molecular flexibility index (Phi) is 7.90. The lowest BCUT2D eigenvalue weighted by Gasteiger charge is -2.36. The predicted molar refractivity (Wildman–Crippen MR) is 151 cm³/mol. The van der Waals surface area contributed by atoms with Crippen molar-refractivity contribution in [2.24, 2.45) is 0 Å². The monoisotopic (exact) mass is 587 g/mol. The number of piperidine rings is 1. The zero-order valence-corrected chi connectivity index (χ0v) is 24.7. The smallest absolute Gasteiger partial charge is 0.410 e. The molecule has 1 amide bonds. The molecule has 40 heavy (non-hydrogen) atoms. The number of ether oxygens (including phenoxy) is 1. The van der Waals surface area contributed by atoms with Gasteiger partial charge in [-0.25, -0.2) is 21.6 Å². The average Bonchev–Trinajstić information content (AvgIpc) is 3.34. The summed E-state index contributed by atoms with van der Waals surface area (Å²) in [5, 5.41) is 9.98. The van der Waals surface area contributed by atoms with Gasteiger partial charge in [-0.05, 0) is 76.4 Å². The molecule has 2 N–H and O–H groups in total. The van der Waals surface area contributed by atoms with Crippen LogP contribution in [-0.2, 0) is 24.8 Å². The molecular weight excluding hydrogens is 554 g/mol. The summed E-state index contributed by atoms with van der Waals surface area (Å²) >= 11 is 0. The van der Waals surface area contributed by atoms with E-state index in [-0.39, 0.29) is 21.5 Å². The number of aromatic nitrogens is 1. The summed E-state index contributed by atoms with van der Waals surface area (Å²) in [5.41, 5.74) is 1.38. The number of nitrogens with one attached hydrogen (secondary N) is 2. The van der Waals surface area contributed by atoms with E-state index < -0.39 is 31.7 Å². The first kappa shape index (κ1) is 29.4. The van der Waals surface area contributed by atoms with Crippen LogP contribution < -0.4 is 4.72 Å². The van der Waals surface area contributed by atoms with Crippen molar-refractivity contribution in [3.63, 3.8) is 0 Å². The number of hydrogen-bond donors (Lipinski definition) is 2. The molecule has 0 aliphatic carbocycles. The van der Waals surface area contributed by atoms with Crippen molar-refractivity contribution in [2.75, 3.05) is 24.9 Å². The van der Waals surface area contributed by atoms with Crippen LogP contribution in [0.3, 0.4) is 0 Å². The van der Waals surface area contributed by atoms with E-state index >= 15 is 0 Å². The molecule has 0 radical (unpaired) electrons. The van der Waals surface area contributed by atoms with Crippen LogP contribution in [0.4, 0.5) is 10.5 Å². The number of likely N-dealkylation sites (tertiary alicyclic amines) is 1. The molecule has 1 fully saturated rings. The highest BCUT2D eigenvalue weighted by atomic mass is 32.2. The molecule has 0 atom stereocenters. The summed E-state index contributed by atoms with van der Waals surface area (Å²) in [6.07, 6.45) is 1.99. The van der Waals surface area contributed by atoms with Gasteiger partial charge in [-0.2, -0.15) is 9.57 Å². The topological polar surface area (TPSA) is 153 Å². The maximum atomic E-state index is 13.3. The summed E-state index contributed by atoms with van der Waals surface area (Å²) < 4.78 is 62.1. The normalized spacial score (nSPS) is 15.3. The molecule has 0 unspecified atom stereocenters. The highest BCUT2D eigenvalue weighted by Gasteiger charge is 2.33. The van der Waals surface area contributed by atoms with E-state index in [9.17, 15) is 26.9 Å². The Morgan fingerprint density at radius 1 is 1.07 bits per heavy atom. The largest absolute Gasteiger partial charge is 0.444 e. The second-order valence-electron chi connectivity index (χ2n) is 10.8. The quantitative estimate of drug-likeness (QED) is 0.439. The number of benzene rings is 2. The maximum absolute atomic E-state index is 13.3. The second kappa shape index (κ2) is 10.8. The highest BCUT2D eigenvalue weighted by Crippen LogP contribution is 2.30. The zero-order valence-electron chi connectivity index (χ0n) is 23.1. The minimum atomic E-state index is -4.06. The molecule has 1 aliphatic rings. The fourth-order valence-electron chi connectivity index (χ4n) is 4.69. The molecule has 214 valence electrons. The van der Waals surface area contributed by atoms with E-state index in [1.165, 1.54) is 41.8 Å². The van der Waals surface area contributed by atoms with Crippen molar-refractivity contribution in [1.82, 2.24) is 14.2 Å². The molecular formula is C27H33N5O6S2. The van der Waals surface area contributed by atoms with Gasteiger partial charge in [0.05, 0.1) is 26.6 Å². The number of aromatic amines is 1. The summed E-state index contributed by atoms with van der Waals surface area (Å²) in [4.78, 5) is 16.7. The van der Waals surface area contributed by atoms with Gasteiger partial charge in [0, 0.05) is 37.8 Å².